The highest BCUT2D eigenvalue weighted by atomic mass is 79.9. The van der Waals surface area contributed by atoms with E-state index in [-0.39, 0.29) is 12.2 Å². The number of aromatic nitrogens is 1. The molecule has 3 rings (SSSR count). The Morgan fingerprint density at radius 3 is 2.48 bits per heavy atom. The summed E-state index contributed by atoms with van der Waals surface area (Å²) in [5, 5.41) is 10.7. The molecule has 0 saturated carbocycles. The highest BCUT2D eigenvalue weighted by molar-refractivity contribution is 9.10. The van der Waals surface area contributed by atoms with Crippen molar-refractivity contribution in [3.63, 3.8) is 0 Å². The maximum Gasteiger partial charge on any atom is 0.258 e. The number of nitrogens with zero attached hydrogens (tertiary/aromatic N) is 1. The molecule has 21 heavy (non-hydrogen) atoms. The number of halogens is 1. The van der Waals surface area contributed by atoms with E-state index in [4.69, 9.17) is 0 Å². The van der Waals surface area contributed by atoms with Crippen molar-refractivity contribution in [3.8, 4) is 0 Å². The van der Waals surface area contributed by atoms with Crippen molar-refractivity contribution in [1.29, 1.82) is 0 Å². The Morgan fingerprint density at radius 1 is 1.00 bits per heavy atom. The molecule has 0 aliphatic heterocycles. The van der Waals surface area contributed by atoms with E-state index in [1.54, 1.807) is 22.9 Å². The van der Waals surface area contributed by atoms with Crippen LogP contribution in [0.25, 0.3) is 10.8 Å². The number of aliphatic hydroxyl groups excluding tert-OH is 1. The Labute approximate surface area is 130 Å². The number of pyridine rings is 1. The Kier molecular flexibility index (Phi) is 3.90. The minimum atomic E-state index is -0.0323. The molecule has 106 valence electrons. The highest BCUT2D eigenvalue weighted by Crippen LogP contribution is 2.23. The van der Waals surface area contributed by atoms with E-state index in [1.807, 2.05) is 36.4 Å². The lowest BCUT2D eigenvalue weighted by molar-refractivity contribution is 0.282. The third-order valence-electron chi connectivity index (χ3n) is 3.48. The van der Waals surface area contributed by atoms with Gasteiger partial charge in [0.05, 0.1) is 13.2 Å². The summed E-state index contributed by atoms with van der Waals surface area (Å²) < 4.78 is 2.55. The zero-order valence-electron chi connectivity index (χ0n) is 11.3. The minimum Gasteiger partial charge on any atom is -0.392 e. The number of rotatable bonds is 3. The predicted octanol–water partition coefficient (Wildman–Crippen LogP) is 3.30. The molecule has 0 unspecified atom stereocenters. The molecular weight excluding hydrogens is 330 g/mol. The molecule has 0 fully saturated rings. The molecular formula is C17H14BrNO2. The number of hydrogen-bond donors (Lipinski definition) is 1. The third kappa shape index (κ3) is 2.77. The van der Waals surface area contributed by atoms with E-state index in [0.717, 1.165) is 21.0 Å². The first-order chi connectivity index (χ1) is 10.2. The van der Waals surface area contributed by atoms with Crippen LogP contribution in [0.3, 0.4) is 0 Å². The second kappa shape index (κ2) is 5.84. The average molecular weight is 344 g/mol. The molecule has 2 aromatic carbocycles. The van der Waals surface area contributed by atoms with Crippen molar-refractivity contribution < 1.29 is 5.11 Å². The molecule has 1 aromatic heterocycles. The number of aliphatic hydroxyl groups is 1. The van der Waals surface area contributed by atoms with Gasteiger partial charge in [-0.25, -0.2) is 0 Å². The van der Waals surface area contributed by atoms with Crippen molar-refractivity contribution >= 4 is 26.7 Å². The zero-order valence-corrected chi connectivity index (χ0v) is 12.9. The maximum absolute atomic E-state index is 12.6. The Hall–Kier alpha value is -1.91. The topological polar surface area (TPSA) is 42.2 Å². The van der Waals surface area contributed by atoms with Gasteiger partial charge < -0.3 is 9.67 Å². The monoisotopic (exact) mass is 343 g/mol. The molecule has 0 atom stereocenters. The fraction of sp³-hybridized carbons (Fsp3) is 0.118. The number of hydrogen-bond acceptors (Lipinski definition) is 2. The van der Waals surface area contributed by atoms with Crippen molar-refractivity contribution in [2.24, 2.45) is 0 Å². The molecule has 0 bridgehead atoms. The second-order valence-corrected chi connectivity index (χ2v) is 5.79. The summed E-state index contributed by atoms with van der Waals surface area (Å²) in [6.45, 7) is 0.505. The highest BCUT2D eigenvalue weighted by Gasteiger charge is 2.08. The molecule has 1 heterocycles. The molecule has 0 radical (unpaired) electrons. The SMILES string of the molecule is O=c1c2ccc(CO)cc2c(Br)cn1Cc1ccccc1. The lowest BCUT2D eigenvalue weighted by Crippen LogP contribution is -2.20. The van der Waals surface area contributed by atoms with Gasteiger partial charge in [-0.15, -0.1) is 0 Å². The summed E-state index contributed by atoms with van der Waals surface area (Å²) in [6, 6.07) is 15.3. The molecule has 3 nitrogen and oxygen atoms in total. The first-order valence-corrected chi connectivity index (χ1v) is 7.44. The van der Waals surface area contributed by atoms with Gasteiger partial charge >= 0.3 is 0 Å². The van der Waals surface area contributed by atoms with Gasteiger partial charge in [0.25, 0.3) is 5.56 Å². The first kappa shape index (κ1) is 14.0. The quantitative estimate of drug-likeness (QED) is 0.792. The van der Waals surface area contributed by atoms with Crippen molar-refractivity contribution in [2.75, 3.05) is 0 Å². The van der Waals surface area contributed by atoms with E-state index < -0.39 is 0 Å². The molecule has 4 heteroatoms. The first-order valence-electron chi connectivity index (χ1n) is 6.65. The summed E-state index contributed by atoms with van der Waals surface area (Å²) in [4.78, 5) is 12.6. The summed E-state index contributed by atoms with van der Waals surface area (Å²) in [5.74, 6) is 0. The second-order valence-electron chi connectivity index (χ2n) is 4.93. The van der Waals surface area contributed by atoms with Crippen LogP contribution in [0.4, 0.5) is 0 Å². The van der Waals surface area contributed by atoms with Crippen molar-refractivity contribution in [1.82, 2.24) is 4.57 Å². The Balaban J connectivity index is 2.13. The van der Waals surface area contributed by atoms with Gasteiger partial charge in [0.2, 0.25) is 0 Å². The van der Waals surface area contributed by atoms with Gasteiger partial charge in [-0.3, -0.25) is 4.79 Å². The predicted molar refractivity (Wildman–Crippen MR) is 87.4 cm³/mol. The van der Waals surface area contributed by atoms with Crippen LogP contribution < -0.4 is 5.56 Å². The summed E-state index contributed by atoms with van der Waals surface area (Å²) >= 11 is 3.52. The van der Waals surface area contributed by atoms with E-state index in [2.05, 4.69) is 15.9 Å². The lowest BCUT2D eigenvalue weighted by Gasteiger charge is -2.10. The Bertz CT molecular complexity index is 841. The van der Waals surface area contributed by atoms with Gasteiger partial charge in [-0.2, -0.15) is 0 Å². The fourth-order valence-electron chi connectivity index (χ4n) is 2.39. The number of fused-ring (bicyclic) bond motifs is 1. The molecule has 0 spiro atoms. The largest absolute Gasteiger partial charge is 0.392 e. The summed E-state index contributed by atoms with van der Waals surface area (Å²) in [5.41, 5.74) is 1.85. The average Bonchev–Trinajstić information content (AvgIpc) is 2.53. The lowest BCUT2D eigenvalue weighted by atomic mass is 10.1. The molecule has 0 aliphatic rings. The van der Waals surface area contributed by atoms with E-state index in [9.17, 15) is 9.90 Å². The smallest absolute Gasteiger partial charge is 0.258 e. The minimum absolute atomic E-state index is 0.0263. The van der Waals surface area contributed by atoms with Gasteiger partial charge in [-0.05, 0) is 39.2 Å². The van der Waals surface area contributed by atoms with Gasteiger partial charge in [-0.1, -0.05) is 36.4 Å². The van der Waals surface area contributed by atoms with Gasteiger partial charge in [0.1, 0.15) is 0 Å². The standard InChI is InChI=1S/C17H14BrNO2/c18-16-10-19(9-12-4-2-1-3-5-12)17(21)14-7-6-13(11-20)8-15(14)16/h1-8,10,20H,9,11H2. The van der Waals surface area contributed by atoms with Crippen LogP contribution in [-0.4, -0.2) is 9.67 Å². The summed E-state index contributed by atoms with van der Waals surface area (Å²) in [7, 11) is 0. The van der Waals surface area contributed by atoms with E-state index in [1.165, 1.54) is 0 Å². The van der Waals surface area contributed by atoms with Crippen molar-refractivity contribution in [2.45, 2.75) is 13.2 Å². The van der Waals surface area contributed by atoms with Crippen LogP contribution in [0, 0.1) is 0 Å². The van der Waals surface area contributed by atoms with Crippen LogP contribution in [0.15, 0.2) is 64.0 Å². The molecule has 0 saturated heterocycles. The van der Waals surface area contributed by atoms with Crippen molar-refractivity contribution in [3.05, 3.63) is 80.7 Å². The van der Waals surface area contributed by atoms with Crippen LogP contribution in [0.5, 0.6) is 0 Å². The normalized spacial score (nSPS) is 11.0. The van der Waals surface area contributed by atoms with Gasteiger partial charge in [0, 0.05) is 21.4 Å². The van der Waals surface area contributed by atoms with Crippen LogP contribution in [-0.2, 0) is 13.2 Å². The summed E-state index contributed by atoms with van der Waals surface area (Å²) in [6.07, 6.45) is 1.80. The van der Waals surface area contributed by atoms with E-state index in [0.29, 0.717) is 11.9 Å². The molecule has 3 aromatic rings. The molecule has 0 aliphatic carbocycles. The van der Waals surface area contributed by atoms with Crippen LogP contribution >= 0.6 is 15.9 Å². The molecule has 0 amide bonds. The zero-order chi connectivity index (χ0) is 14.8. The third-order valence-corrected chi connectivity index (χ3v) is 4.11. The van der Waals surface area contributed by atoms with Crippen LogP contribution in [0.1, 0.15) is 11.1 Å². The Morgan fingerprint density at radius 2 is 1.76 bits per heavy atom. The van der Waals surface area contributed by atoms with Gasteiger partial charge in [0.15, 0.2) is 0 Å². The fourth-order valence-corrected chi connectivity index (χ4v) is 2.97. The van der Waals surface area contributed by atoms with E-state index >= 15 is 0 Å². The van der Waals surface area contributed by atoms with Crippen LogP contribution in [0.2, 0.25) is 0 Å². The maximum atomic E-state index is 12.6. The number of benzene rings is 2. The molecule has 1 N–H and O–H groups in total.